The lowest BCUT2D eigenvalue weighted by Crippen LogP contribution is -2.41. The molecule has 1 aromatic heterocycles. The molecule has 1 aliphatic rings. The van der Waals surface area contributed by atoms with Crippen molar-refractivity contribution in [2.75, 3.05) is 0 Å². The fraction of sp³-hybridized carbons (Fsp3) is 0.857. The minimum absolute atomic E-state index is 0.00417. The van der Waals surface area contributed by atoms with E-state index in [1.54, 1.807) is 0 Å². The van der Waals surface area contributed by atoms with Crippen LogP contribution >= 0.6 is 0 Å². The van der Waals surface area contributed by atoms with Gasteiger partial charge in [-0.15, -0.1) is 5.10 Å². The van der Waals surface area contributed by atoms with Gasteiger partial charge in [-0.1, -0.05) is 27.2 Å². The molecule has 0 atom stereocenters. The highest BCUT2D eigenvalue weighted by Gasteiger charge is 2.32. The summed E-state index contributed by atoms with van der Waals surface area (Å²) in [5, 5.41) is 13.8. The fourth-order valence-corrected chi connectivity index (χ4v) is 2.98. The van der Waals surface area contributed by atoms with Crippen molar-refractivity contribution < 1.29 is 4.79 Å². The molecule has 112 valence electrons. The molecule has 1 heterocycles. The molecule has 2 rings (SSSR count). The SMILES string of the molecule is CCC(C)(C)C1CCC(NC(=O)Cn2cnnn2)CC1. The van der Waals surface area contributed by atoms with Crippen LogP contribution in [-0.2, 0) is 11.3 Å². The molecule has 0 bridgehead atoms. The number of nitrogens with zero attached hydrogens (tertiary/aromatic N) is 4. The lowest BCUT2D eigenvalue weighted by atomic mass is 9.69. The largest absolute Gasteiger partial charge is 0.352 e. The Morgan fingerprint density at radius 3 is 2.60 bits per heavy atom. The first kappa shape index (κ1) is 14.9. The summed E-state index contributed by atoms with van der Waals surface area (Å²) in [6, 6.07) is 0.308. The molecule has 20 heavy (non-hydrogen) atoms. The second-order valence-corrected chi connectivity index (χ2v) is 6.47. The Bertz CT molecular complexity index is 421. The first-order valence-electron chi connectivity index (χ1n) is 7.51. The van der Waals surface area contributed by atoms with Crippen LogP contribution in [0.1, 0.15) is 52.9 Å². The maximum Gasteiger partial charge on any atom is 0.242 e. The average Bonchev–Trinajstić information content (AvgIpc) is 2.92. The first-order chi connectivity index (χ1) is 9.51. The molecule has 1 fully saturated rings. The van der Waals surface area contributed by atoms with Crippen molar-refractivity contribution >= 4 is 5.91 Å². The van der Waals surface area contributed by atoms with E-state index in [0.717, 1.165) is 18.8 Å². The Labute approximate surface area is 120 Å². The summed E-state index contributed by atoms with van der Waals surface area (Å²) in [6.45, 7) is 7.18. The molecule has 0 aromatic carbocycles. The van der Waals surface area contributed by atoms with Crippen molar-refractivity contribution in [2.24, 2.45) is 11.3 Å². The molecule has 1 N–H and O–H groups in total. The number of amides is 1. The zero-order valence-corrected chi connectivity index (χ0v) is 12.7. The van der Waals surface area contributed by atoms with Crippen LogP contribution in [0.3, 0.4) is 0 Å². The normalized spacial score (nSPS) is 23.6. The molecule has 6 nitrogen and oxygen atoms in total. The van der Waals surface area contributed by atoms with Crippen molar-refractivity contribution in [1.29, 1.82) is 0 Å². The van der Waals surface area contributed by atoms with Crippen LogP contribution in [-0.4, -0.2) is 32.2 Å². The highest BCUT2D eigenvalue weighted by molar-refractivity contribution is 5.75. The maximum absolute atomic E-state index is 11.9. The molecular formula is C14H25N5O. The number of rotatable bonds is 5. The smallest absolute Gasteiger partial charge is 0.242 e. The number of hydrogen-bond acceptors (Lipinski definition) is 4. The van der Waals surface area contributed by atoms with Crippen molar-refractivity contribution in [2.45, 2.75) is 65.5 Å². The number of aromatic nitrogens is 4. The zero-order chi connectivity index (χ0) is 14.6. The van der Waals surface area contributed by atoms with Gasteiger partial charge in [0.1, 0.15) is 12.9 Å². The van der Waals surface area contributed by atoms with E-state index in [2.05, 4.69) is 41.6 Å². The van der Waals surface area contributed by atoms with Gasteiger partial charge in [-0.25, -0.2) is 4.68 Å². The predicted octanol–water partition coefficient (Wildman–Crippen LogP) is 1.78. The Balaban J connectivity index is 1.75. The summed E-state index contributed by atoms with van der Waals surface area (Å²) in [4.78, 5) is 11.9. The lowest BCUT2D eigenvalue weighted by Gasteiger charge is -2.39. The average molecular weight is 279 g/mol. The summed E-state index contributed by atoms with van der Waals surface area (Å²) in [5.41, 5.74) is 0.418. The van der Waals surface area contributed by atoms with Crippen molar-refractivity contribution in [3.63, 3.8) is 0 Å². The molecule has 1 saturated carbocycles. The van der Waals surface area contributed by atoms with E-state index in [1.807, 2.05) is 0 Å². The minimum Gasteiger partial charge on any atom is -0.352 e. The summed E-state index contributed by atoms with van der Waals surface area (Å²) in [7, 11) is 0. The second kappa shape index (κ2) is 6.33. The minimum atomic E-state index is -0.00417. The number of carbonyl (C=O) groups is 1. The third kappa shape index (κ3) is 3.77. The van der Waals surface area contributed by atoms with E-state index in [9.17, 15) is 4.79 Å². The number of hydrogen-bond donors (Lipinski definition) is 1. The molecule has 6 heteroatoms. The highest BCUT2D eigenvalue weighted by atomic mass is 16.2. The number of nitrogens with one attached hydrogen (secondary N) is 1. The fourth-order valence-electron chi connectivity index (χ4n) is 2.98. The van der Waals surface area contributed by atoms with E-state index >= 15 is 0 Å². The molecule has 0 unspecified atom stereocenters. The zero-order valence-electron chi connectivity index (χ0n) is 12.7. The van der Waals surface area contributed by atoms with E-state index in [1.165, 1.54) is 30.3 Å². The lowest BCUT2D eigenvalue weighted by molar-refractivity contribution is -0.122. The van der Waals surface area contributed by atoms with Crippen LogP contribution in [0.15, 0.2) is 6.33 Å². The second-order valence-electron chi connectivity index (χ2n) is 6.47. The summed E-state index contributed by atoms with van der Waals surface area (Å²) in [6.07, 6.45) is 7.24. The molecule has 1 amide bonds. The summed E-state index contributed by atoms with van der Waals surface area (Å²) >= 11 is 0. The third-order valence-corrected chi connectivity index (χ3v) is 4.81. The van der Waals surface area contributed by atoms with Crippen LogP contribution in [0, 0.1) is 11.3 Å². The van der Waals surface area contributed by atoms with Crippen molar-refractivity contribution in [1.82, 2.24) is 25.5 Å². The van der Waals surface area contributed by atoms with E-state index in [0.29, 0.717) is 11.5 Å². The molecular weight excluding hydrogens is 254 g/mol. The van der Waals surface area contributed by atoms with Gasteiger partial charge >= 0.3 is 0 Å². The van der Waals surface area contributed by atoms with Gasteiger partial charge in [-0.3, -0.25) is 4.79 Å². The van der Waals surface area contributed by atoms with Gasteiger partial charge in [0, 0.05) is 6.04 Å². The monoisotopic (exact) mass is 279 g/mol. The van der Waals surface area contributed by atoms with Crippen LogP contribution in [0.5, 0.6) is 0 Å². The molecule has 1 aliphatic carbocycles. The van der Waals surface area contributed by atoms with Gasteiger partial charge in [0.05, 0.1) is 0 Å². The van der Waals surface area contributed by atoms with Crippen molar-refractivity contribution in [3.8, 4) is 0 Å². The molecule has 0 radical (unpaired) electrons. The first-order valence-corrected chi connectivity index (χ1v) is 7.51. The standard InChI is InChI=1S/C14H25N5O/c1-4-14(2,3)11-5-7-12(8-6-11)16-13(20)9-19-10-15-17-18-19/h10-12H,4-9H2,1-3H3,(H,16,20). The molecule has 0 spiro atoms. The van der Waals surface area contributed by atoms with Gasteiger partial charge in [-0.2, -0.15) is 0 Å². The van der Waals surface area contributed by atoms with E-state index in [-0.39, 0.29) is 12.5 Å². The predicted molar refractivity (Wildman–Crippen MR) is 75.8 cm³/mol. The van der Waals surface area contributed by atoms with Crippen LogP contribution in [0.2, 0.25) is 0 Å². The van der Waals surface area contributed by atoms with Crippen LogP contribution in [0.4, 0.5) is 0 Å². The molecule has 0 saturated heterocycles. The maximum atomic E-state index is 11.9. The number of carbonyl (C=O) groups excluding carboxylic acids is 1. The topological polar surface area (TPSA) is 72.7 Å². The van der Waals surface area contributed by atoms with E-state index < -0.39 is 0 Å². The highest BCUT2D eigenvalue weighted by Crippen LogP contribution is 2.40. The van der Waals surface area contributed by atoms with Gasteiger partial charge < -0.3 is 5.32 Å². The van der Waals surface area contributed by atoms with E-state index in [4.69, 9.17) is 0 Å². The number of tetrazole rings is 1. The third-order valence-electron chi connectivity index (χ3n) is 4.81. The Hall–Kier alpha value is -1.46. The van der Waals surface area contributed by atoms with Crippen LogP contribution < -0.4 is 5.32 Å². The van der Waals surface area contributed by atoms with Gasteiger partial charge in [-0.05, 0) is 47.4 Å². The van der Waals surface area contributed by atoms with Crippen molar-refractivity contribution in [3.05, 3.63) is 6.33 Å². The summed E-state index contributed by atoms with van der Waals surface area (Å²) in [5.74, 6) is 0.774. The summed E-state index contributed by atoms with van der Waals surface area (Å²) < 4.78 is 1.45. The van der Waals surface area contributed by atoms with Gasteiger partial charge in [0.25, 0.3) is 0 Å². The Morgan fingerprint density at radius 2 is 2.05 bits per heavy atom. The quantitative estimate of drug-likeness (QED) is 0.891. The molecule has 1 aromatic rings. The van der Waals surface area contributed by atoms with Crippen LogP contribution in [0.25, 0.3) is 0 Å². The molecule has 0 aliphatic heterocycles. The Morgan fingerprint density at radius 1 is 1.35 bits per heavy atom. The Kier molecular flexibility index (Phi) is 4.73. The van der Waals surface area contributed by atoms with Gasteiger partial charge in [0.2, 0.25) is 5.91 Å². The van der Waals surface area contributed by atoms with Gasteiger partial charge in [0.15, 0.2) is 0 Å².